The van der Waals surface area contributed by atoms with Crippen molar-refractivity contribution >= 4 is 26.7 Å². The van der Waals surface area contributed by atoms with E-state index in [1.807, 2.05) is 30.3 Å². The van der Waals surface area contributed by atoms with Gasteiger partial charge in [-0.25, -0.2) is 8.42 Å². The minimum Gasteiger partial charge on any atom is -0.354 e. The highest BCUT2D eigenvalue weighted by Gasteiger charge is 2.39. The number of hydrogen-bond acceptors (Lipinski definition) is 3. The smallest absolute Gasteiger partial charge is 0.243 e. The summed E-state index contributed by atoms with van der Waals surface area (Å²) in [5.41, 5.74) is 0. The van der Waals surface area contributed by atoms with Crippen molar-refractivity contribution in [2.45, 2.75) is 30.2 Å². The summed E-state index contributed by atoms with van der Waals surface area (Å²) in [6.45, 7) is 1.92. The van der Waals surface area contributed by atoms with E-state index < -0.39 is 16.1 Å². The van der Waals surface area contributed by atoms with Crippen molar-refractivity contribution in [3.8, 4) is 0 Å². The lowest BCUT2D eigenvalue weighted by Gasteiger charge is -2.23. The fourth-order valence-corrected chi connectivity index (χ4v) is 5.22. The molecule has 0 aliphatic carbocycles. The third-order valence-electron chi connectivity index (χ3n) is 4.99. The van der Waals surface area contributed by atoms with Crippen molar-refractivity contribution in [2.75, 3.05) is 33.7 Å². The van der Waals surface area contributed by atoms with Gasteiger partial charge in [-0.3, -0.25) is 4.79 Å². The second kappa shape index (κ2) is 8.37. The minimum absolute atomic E-state index is 0.189. The highest BCUT2D eigenvalue weighted by molar-refractivity contribution is 7.89. The van der Waals surface area contributed by atoms with Gasteiger partial charge in [0.15, 0.2) is 0 Å². The first-order valence-electron chi connectivity index (χ1n) is 9.47. The minimum atomic E-state index is -3.70. The van der Waals surface area contributed by atoms with E-state index in [1.54, 1.807) is 12.1 Å². The van der Waals surface area contributed by atoms with E-state index in [1.165, 1.54) is 9.21 Å². The SMILES string of the molecule is C[NH+](C)CCCNC(=O)[C@H]1CCCN1S(=O)(=O)c1ccc2ccccc2c1. The van der Waals surface area contributed by atoms with Crippen molar-refractivity contribution in [2.24, 2.45) is 0 Å². The van der Waals surface area contributed by atoms with Crippen LogP contribution in [0, 0.1) is 0 Å². The van der Waals surface area contributed by atoms with E-state index in [-0.39, 0.29) is 10.8 Å². The molecule has 3 rings (SSSR count). The van der Waals surface area contributed by atoms with Gasteiger partial charge < -0.3 is 10.2 Å². The van der Waals surface area contributed by atoms with Crippen LogP contribution in [0.3, 0.4) is 0 Å². The topological polar surface area (TPSA) is 70.9 Å². The lowest BCUT2D eigenvalue weighted by molar-refractivity contribution is -0.858. The van der Waals surface area contributed by atoms with E-state index in [0.717, 1.165) is 23.7 Å². The summed E-state index contributed by atoms with van der Waals surface area (Å²) in [5, 5.41) is 4.78. The number of rotatable bonds is 7. The molecular formula is C20H28N3O3S+. The highest BCUT2D eigenvalue weighted by Crippen LogP contribution is 2.28. The molecule has 27 heavy (non-hydrogen) atoms. The Morgan fingerprint density at radius 1 is 1.19 bits per heavy atom. The summed E-state index contributed by atoms with van der Waals surface area (Å²) in [6.07, 6.45) is 2.14. The molecule has 1 atom stereocenters. The number of carbonyl (C=O) groups excluding carboxylic acids is 1. The summed E-state index contributed by atoms with van der Waals surface area (Å²) in [5.74, 6) is -0.189. The molecule has 1 fully saturated rings. The first kappa shape index (κ1) is 19.8. The van der Waals surface area contributed by atoms with Gasteiger partial charge in [0, 0.05) is 19.5 Å². The Morgan fingerprint density at radius 2 is 1.93 bits per heavy atom. The molecule has 1 aliphatic rings. The van der Waals surface area contributed by atoms with Crippen molar-refractivity contribution in [1.29, 1.82) is 0 Å². The van der Waals surface area contributed by atoms with Gasteiger partial charge in [0.1, 0.15) is 6.04 Å². The second-order valence-corrected chi connectivity index (χ2v) is 9.27. The van der Waals surface area contributed by atoms with Gasteiger partial charge >= 0.3 is 0 Å². The van der Waals surface area contributed by atoms with Gasteiger partial charge in [-0.15, -0.1) is 0 Å². The Labute approximate surface area is 161 Å². The third-order valence-corrected chi connectivity index (χ3v) is 6.89. The monoisotopic (exact) mass is 390 g/mol. The van der Waals surface area contributed by atoms with E-state index in [2.05, 4.69) is 19.4 Å². The van der Waals surface area contributed by atoms with E-state index in [9.17, 15) is 13.2 Å². The van der Waals surface area contributed by atoms with Crippen LogP contribution in [-0.2, 0) is 14.8 Å². The molecule has 0 unspecified atom stereocenters. The molecular weight excluding hydrogens is 362 g/mol. The van der Waals surface area contributed by atoms with Crippen LogP contribution in [-0.4, -0.2) is 58.4 Å². The predicted molar refractivity (Wildman–Crippen MR) is 106 cm³/mol. The summed E-state index contributed by atoms with van der Waals surface area (Å²) < 4.78 is 27.7. The average molecular weight is 391 g/mol. The maximum Gasteiger partial charge on any atom is 0.243 e. The van der Waals surface area contributed by atoms with Crippen molar-refractivity contribution in [3.05, 3.63) is 42.5 Å². The van der Waals surface area contributed by atoms with Crippen LogP contribution in [0.25, 0.3) is 10.8 Å². The van der Waals surface area contributed by atoms with Gasteiger partial charge in [-0.05, 0) is 35.7 Å². The van der Waals surface area contributed by atoms with Gasteiger partial charge in [0.05, 0.1) is 25.5 Å². The molecule has 0 bridgehead atoms. The van der Waals surface area contributed by atoms with Crippen molar-refractivity contribution in [1.82, 2.24) is 9.62 Å². The van der Waals surface area contributed by atoms with Gasteiger partial charge in [-0.1, -0.05) is 30.3 Å². The Morgan fingerprint density at radius 3 is 2.67 bits per heavy atom. The third kappa shape index (κ3) is 4.48. The number of quaternary nitrogens is 1. The molecule has 2 aromatic carbocycles. The van der Waals surface area contributed by atoms with Crippen LogP contribution >= 0.6 is 0 Å². The summed E-state index contributed by atoms with van der Waals surface area (Å²) in [6, 6.07) is 12.2. The molecule has 7 heteroatoms. The lowest BCUT2D eigenvalue weighted by atomic mass is 10.1. The van der Waals surface area contributed by atoms with Crippen molar-refractivity contribution in [3.63, 3.8) is 0 Å². The number of sulfonamides is 1. The first-order valence-corrected chi connectivity index (χ1v) is 10.9. The first-order chi connectivity index (χ1) is 12.9. The maximum absolute atomic E-state index is 13.2. The number of hydrogen-bond donors (Lipinski definition) is 2. The van der Waals surface area contributed by atoms with Crippen LogP contribution in [0.5, 0.6) is 0 Å². The van der Waals surface area contributed by atoms with Gasteiger partial charge in [0.25, 0.3) is 0 Å². The van der Waals surface area contributed by atoms with Gasteiger partial charge in [-0.2, -0.15) is 4.31 Å². The van der Waals surface area contributed by atoms with Crippen LogP contribution in [0.4, 0.5) is 0 Å². The fraction of sp³-hybridized carbons (Fsp3) is 0.450. The van der Waals surface area contributed by atoms with E-state index >= 15 is 0 Å². The molecule has 0 radical (unpaired) electrons. The largest absolute Gasteiger partial charge is 0.354 e. The van der Waals surface area contributed by atoms with E-state index in [0.29, 0.717) is 25.9 Å². The molecule has 1 saturated heterocycles. The van der Waals surface area contributed by atoms with Crippen LogP contribution < -0.4 is 10.2 Å². The summed E-state index contributed by atoms with van der Waals surface area (Å²) in [4.78, 5) is 14.1. The molecule has 6 nitrogen and oxygen atoms in total. The summed E-state index contributed by atoms with van der Waals surface area (Å²) in [7, 11) is 0.432. The molecule has 0 spiro atoms. The molecule has 2 aromatic rings. The Hall–Kier alpha value is -1.96. The molecule has 1 amide bonds. The molecule has 1 heterocycles. The number of nitrogens with one attached hydrogen (secondary N) is 2. The number of carbonyl (C=O) groups is 1. The van der Waals surface area contributed by atoms with Crippen LogP contribution in [0.15, 0.2) is 47.4 Å². The average Bonchev–Trinajstić information content (AvgIpc) is 3.15. The molecule has 1 aliphatic heterocycles. The summed E-state index contributed by atoms with van der Waals surface area (Å²) >= 11 is 0. The highest BCUT2D eigenvalue weighted by atomic mass is 32.2. The zero-order valence-electron chi connectivity index (χ0n) is 15.9. The predicted octanol–water partition coefficient (Wildman–Crippen LogP) is 0.644. The molecule has 0 saturated carbocycles. The second-order valence-electron chi connectivity index (χ2n) is 7.38. The molecule has 146 valence electrons. The lowest BCUT2D eigenvalue weighted by Crippen LogP contribution is -3.05. The van der Waals surface area contributed by atoms with Crippen LogP contribution in [0.2, 0.25) is 0 Å². The zero-order valence-corrected chi connectivity index (χ0v) is 16.8. The molecule has 0 aromatic heterocycles. The van der Waals surface area contributed by atoms with Crippen LogP contribution in [0.1, 0.15) is 19.3 Å². The standard InChI is InChI=1S/C20H27N3O3S/c1-22(2)13-6-12-21-20(24)19-9-5-14-23(19)27(25,26)18-11-10-16-7-3-4-8-17(16)15-18/h3-4,7-8,10-11,15,19H,5-6,9,12-14H2,1-2H3,(H,21,24)/p+1/t19-/m1/s1. The Kier molecular flexibility index (Phi) is 6.14. The van der Waals surface area contributed by atoms with Gasteiger partial charge in [0.2, 0.25) is 15.9 Å². The normalized spacial score (nSPS) is 18.3. The molecule has 2 N–H and O–H groups in total. The Bertz CT molecular complexity index is 912. The Balaban J connectivity index is 1.75. The maximum atomic E-state index is 13.2. The number of benzene rings is 2. The number of nitrogens with zero attached hydrogens (tertiary/aromatic N) is 1. The zero-order chi connectivity index (χ0) is 19.4. The quantitative estimate of drug-likeness (QED) is 0.682. The van der Waals surface area contributed by atoms with E-state index in [4.69, 9.17) is 0 Å². The van der Waals surface area contributed by atoms with Crippen molar-refractivity contribution < 1.29 is 18.1 Å². The number of amides is 1. The fourth-order valence-electron chi connectivity index (χ4n) is 3.52. The number of fused-ring (bicyclic) bond motifs is 1.